The van der Waals surface area contributed by atoms with Crippen LogP contribution in [0.1, 0.15) is 16.1 Å². The van der Waals surface area contributed by atoms with Crippen LogP contribution >= 0.6 is 0 Å². The summed E-state index contributed by atoms with van der Waals surface area (Å²) in [5.74, 6) is -0.328. The number of nitrogens with one attached hydrogen (secondary N) is 3. The second-order valence-electron chi connectivity index (χ2n) is 5.12. The Hall–Kier alpha value is -3.15. The Balaban J connectivity index is 1.74. The molecule has 1 heterocycles. The van der Waals surface area contributed by atoms with Gasteiger partial charge in [0.2, 0.25) is 5.91 Å². The molecule has 3 N–H and O–H groups in total. The van der Waals surface area contributed by atoms with Gasteiger partial charge in [0.25, 0.3) is 5.91 Å². The number of likely N-dealkylation sites (N-methyl/N-ethyl adjacent to an activating group) is 1. The van der Waals surface area contributed by atoms with Gasteiger partial charge in [0.05, 0.1) is 11.9 Å². The molecular formula is C17H16N4O2. The van der Waals surface area contributed by atoms with E-state index >= 15 is 0 Å². The number of aromatic amines is 1. The lowest BCUT2D eigenvalue weighted by Crippen LogP contribution is -2.19. The molecule has 6 heteroatoms. The lowest BCUT2D eigenvalue weighted by atomic mass is 10.1. The van der Waals surface area contributed by atoms with Gasteiger partial charge in [-0.3, -0.25) is 14.7 Å². The number of anilines is 1. The molecule has 0 spiro atoms. The molecule has 1 aromatic heterocycles. The van der Waals surface area contributed by atoms with Crippen molar-refractivity contribution in [2.45, 2.75) is 6.42 Å². The Bertz CT molecular complexity index is 852. The summed E-state index contributed by atoms with van der Waals surface area (Å²) in [6.07, 6.45) is 0.314. The lowest BCUT2D eigenvalue weighted by Gasteiger charge is -2.05. The first kappa shape index (κ1) is 14.8. The predicted molar refractivity (Wildman–Crippen MR) is 88.3 cm³/mol. The van der Waals surface area contributed by atoms with Gasteiger partial charge in [-0.2, -0.15) is 5.10 Å². The zero-order chi connectivity index (χ0) is 16.2. The fourth-order valence-corrected chi connectivity index (χ4v) is 2.31. The maximum atomic E-state index is 12.3. The van der Waals surface area contributed by atoms with Gasteiger partial charge >= 0.3 is 0 Å². The molecule has 3 aromatic rings. The molecule has 0 aliphatic carbocycles. The van der Waals surface area contributed by atoms with Gasteiger partial charge in [-0.25, -0.2) is 0 Å². The van der Waals surface area contributed by atoms with Crippen LogP contribution in [0.2, 0.25) is 0 Å². The summed E-state index contributed by atoms with van der Waals surface area (Å²) >= 11 is 0. The van der Waals surface area contributed by atoms with Gasteiger partial charge in [-0.05, 0) is 23.8 Å². The number of fused-ring (bicyclic) bond motifs is 1. The van der Waals surface area contributed by atoms with E-state index < -0.39 is 0 Å². The molecule has 0 fully saturated rings. The molecule has 0 saturated heterocycles. The van der Waals surface area contributed by atoms with E-state index in [1.54, 1.807) is 19.2 Å². The second-order valence-corrected chi connectivity index (χ2v) is 5.12. The zero-order valence-corrected chi connectivity index (χ0v) is 12.6. The summed E-state index contributed by atoms with van der Waals surface area (Å²) in [5, 5.41) is 13.1. The van der Waals surface area contributed by atoms with E-state index in [0.29, 0.717) is 17.8 Å². The number of hydrogen-bond donors (Lipinski definition) is 3. The second kappa shape index (κ2) is 6.31. The number of aromatic nitrogens is 2. The third-order valence-electron chi connectivity index (χ3n) is 3.54. The molecule has 116 valence electrons. The molecule has 0 bridgehead atoms. The number of rotatable bonds is 4. The summed E-state index contributed by atoms with van der Waals surface area (Å²) in [6, 6.07) is 14.6. The summed E-state index contributed by atoms with van der Waals surface area (Å²) in [4.78, 5) is 23.7. The van der Waals surface area contributed by atoms with E-state index in [-0.39, 0.29) is 11.8 Å². The van der Waals surface area contributed by atoms with Crippen molar-refractivity contribution < 1.29 is 9.59 Å². The van der Waals surface area contributed by atoms with Gasteiger partial charge in [-0.1, -0.05) is 30.3 Å². The number of H-pyrrole nitrogens is 1. The number of benzene rings is 2. The Kier molecular flexibility index (Phi) is 4.05. The molecule has 6 nitrogen and oxygen atoms in total. The molecule has 2 aromatic carbocycles. The largest absolute Gasteiger partial charge is 0.359 e. The fourth-order valence-electron chi connectivity index (χ4n) is 2.31. The molecule has 0 unspecified atom stereocenters. The molecule has 3 rings (SSSR count). The monoisotopic (exact) mass is 308 g/mol. The summed E-state index contributed by atoms with van der Waals surface area (Å²) in [7, 11) is 1.60. The van der Waals surface area contributed by atoms with E-state index in [1.807, 2.05) is 36.4 Å². The van der Waals surface area contributed by atoms with E-state index in [0.717, 1.165) is 16.5 Å². The van der Waals surface area contributed by atoms with Crippen LogP contribution in [0.3, 0.4) is 0 Å². The van der Waals surface area contributed by atoms with Gasteiger partial charge < -0.3 is 10.6 Å². The van der Waals surface area contributed by atoms with Crippen LogP contribution in [0.15, 0.2) is 48.5 Å². The summed E-state index contributed by atoms with van der Waals surface area (Å²) < 4.78 is 0. The van der Waals surface area contributed by atoms with Crippen LogP contribution in [0, 0.1) is 0 Å². The van der Waals surface area contributed by atoms with Crippen molar-refractivity contribution in [3.8, 4) is 0 Å². The molecule has 0 aliphatic heterocycles. The number of nitrogens with zero attached hydrogens (tertiary/aromatic N) is 1. The molecule has 0 aliphatic rings. The quantitative estimate of drug-likeness (QED) is 0.690. The molecule has 2 amide bonds. The molecule has 0 saturated carbocycles. The Labute approximate surface area is 132 Å². The topological polar surface area (TPSA) is 86.9 Å². The van der Waals surface area contributed by atoms with Gasteiger partial charge in [0, 0.05) is 18.1 Å². The van der Waals surface area contributed by atoms with Crippen molar-refractivity contribution in [3.05, 3.63) is 59.8 Å². The average molecular weight is 308 g/mol. The minimum absolute atomic E-state index is 0.0511. The smallest absolute Gasteiger partial charge is 0.276 e. The molecule has 0 atom stereocenters. The lowest BCUT2D eigenvalue weighted by molar-refractivity contribution is -0.119. The van der Waals surface area contributed by atoms with Crippen LogP contribution in [-0.2, 0) is 11.2 Å². The maximum absolute atomic E-state index is 12.3. The first-order valence-electron chi connectivity index (χ1n) is 7.21. The highest BCUT2D eigenvalue weighted by Crippen LogP contribution is 2.17. The number of carbonyl (C=O) groups is 2. The fraction of sp³-hybridized carbons (Fsp3) is 0.118. The van der Waals surface area contributed by atoms with Crippen molar-refractivity contribution in [2.24, 2.45) is 0 Å². The standard InChI is InChI=1S/C17H16N4O2/c1-18-15(22)10-11-6-8-12(9-7-11)19-17(23)16-13-4-2-3-5-14(13)20-21-16/h2-9H,10H2,1H3,(H,18,22)(H,19,23)(H,20,21). The maximum Gasteiger partial charge on any atom is 0.276 e. The summed E-state index contributed by atoms with van der Waals surface area (Å²) in [5.41, 5.74) is 2.71. The van der Waals surface area contributed by atoms with Crippen LogP contribution in [0.5, 0.6) is 0 Å². The number of carbonyl (C=O) groups excluding carboxylic acids is 2. The first-order valence-corrected chi connectivity index (χ1v) is 7.21. The van der Waals surface area contributed by atoms with E-state index in [4.69, 9.17) is 0 Å². The zero-order valence-electron chi connectivity index (χ0n) is 12.6. The van der Waals surface area contributed by atoms with Gasteiger partial charge in [-0.15, -0.1) is 0 Å². The molecule has 0 radical (unpaired) electrons. The number of hydrogen-bond acceptors (Lipinski definition) is 3. The van der Waals surface area contributed by atoms with Crippen LogP contribution in [0.4, 0.5) is 5.69 Å². The van der Waals surface area contributed by atoms with Crippen LogP contribution < -0.4 is 10.6 Å². The first-order chi connectivity index (χ1) is 11.2. The summed E-state index contributed by atoms with van der Waals surface area (Å²) in [6.45, 7) is 0. The minimum Gasteiger partial charge on any atom is -0.359 e. The van der Waals surface area contributed by atoms with Gasteiger partial charge in [0.15, 0.2) is 5.69 Å². The third-order valence-corrected chi connectivity index (χ3v) is 3.54. The highest BCUT2D eigenvalue weighted by atomic mass is 16.2. The Morgan fingerprint density at radius 3 is 2.57 bits per heavy atom. The van der Waals surface area contributed by atoms with Crippen molar-refractivity contribution >= 4 is 28.4 Å². The van der Waals surface area contributed by atoms with Gasteiger partial charge in [0.1, 0.15) is 0 Å². The van der Waals surface area contributed by atoms with Crippen molar-refractivity contribution in [2.75, 3.05) is 12.4 Å². The van der Waals surface area contributed by atoms with Crippen molar-refractivity contribution in [1.29, 1.82) is 0 Å². The predicted octanol–water partition coefficient (Wildman–Crippen LogP) is 2.10. The number of amides is 2. The highest BCUT2D eigenvalue weighted by Gasteiger charge is 2.13. The van der Waals surface area contributed by atoms with E-state index in [9.17, 15) is 9.59 Å². The molecule has 23 heavy (non-hydrogen) atoms. The minimum atomic E-state index is -0.276. The van der Waals surface area contributed by atoms with Crippen LogP contribution in [0.25, 0.3) is 10.9 Å². The van der Waals surface area contributed by atoms with Crippen LogP contribution in [-0.4, -0.2) is 29.1 Å². The van der Waals surface area contributed by atoms with E-state index in [2.05, 4.69) is 20.8 Å². The number of para-hydroxylation sites is 1. The Morgan fingerprint density at radius 1 is 1.09 bits per heavy atom. The third kappa shape index (κ3) is 3.21. The SMILES string of the molecule is CNC(=O)Cc1ccc(NC(=O)c2n[nH]c3ccccc23)cc1. The average Bonchev–Trinajstić information content (AvgIpc) is 3.00. The Morgan fingerprint density at radius 2 is 1.83 bits per heavy atom. The van der Waals surface area contributed by atoms with Crippen molar-refractivity contribution in [3.63, 3.8) is 0 Å². The normalized spacial score (nSPS) is 10.5. The molecular weight excluding hydrogens is 292 g/mol. The highest BCUT2D eigenvalue weighted by molar-refractivity contribution is 6.11. The van der Waals surface area contributed by atoms with E-state index in [1.165, 1.54) is 0 Å². The van der Waals surface area contributed by atoms with Crippen molar-refractivity contribution in [1.82, 2.24) is 15.5 Å².